The number of carbonyl (C=O) groups is 1. The molecule has 0 spiro atoms. The first-order valence-electron chi connectivity index (χ1n) is 6.07. The van der Waals surface area contributed by atoms with Gasteiger partial charge in [0.25, 0.3) is 10.0 Å². The summed E-state index contributed by atoms with van der Waals surface area (Å²) >= 11 is 0. The van der Waals surface area contributed by atoms with Crippen LogP contribution in [0, 0.1) is 5.92 Å². The monoisotopic (exact) mass is 289 g/mol. The summed E-state index contributed by atoms with van der Waals surface area (Å²) in [5.41, 5.74) is 0. The number of nitrogens with one attached hydrogen (secondary N) is 2. The van der Waals surface area contributed by atoms with Gasteiger partial charge < -0.3 is 5.11 Å². The molecule has 0 aliphatic heterocycles. The Bertz CT molecular complexity index is 498. The summed E-state index contributed by atoms with van der Waals surface area (Å²) < 4.78 is 26.2. The normalized spacial score (nSPS) is 15.1. The van der Waals surface area contributed by atoms with Crippen molar-refractivity contribution < 1.29 is 18.3 Å². The highest BCUT2D eigenvalue weighted by molar-refractivity contribution is 7.89. The first-order chi connectivity index (χ1) is 8.83. The van der Waals surface area contributed by atoms with Crippen molar-refractivity contribution in [3.05, 3.63) is 12.3 Å². The Morgan fingerprint density at radius 1 is 1.47 bits per heavy atom. The number of hydrogen-bond acceptors (Lipinski definition) is 4. The van der Waals surface area contributed by atoms with Crippen LogP contribution in [0.2, 0.25) is 0 Å². The highest BCUT2D eigenvalue weighted by Gasteiger charge is 2.19. The highest BCUT2D eigenvalue weighted by Crippen LogP contribution is 2.11. The molecule has 0 amide bonds. The van der Waals surface area contributed by atoms with Gasteiger partial charge in [-0.15, -0.1) is 0 Å². The number of sulfonamides is 1. The molecule has 19 heavy (non-hydrogen) atoms. The van der Waals surface area contributed by atoms with E-state index < -0.39 is 21.9 Å². The third-order valence-electron chi connectivity index (χ3n) is 2.82. The van der Waals surface area contributed by atoms with E-state index in [2.05, 4.69) is 14.9 Å². The van der Waals surface area contributed by atoms with E-state index in [4.69, 9.17) is 5.11 Å². The molecule has 0 bridgehead atoms. The fourth-order valence-electron chi connectivity index (χ4n) is 1.63. The van der Waals surface area contributed by atoms with E-state index in [0.717, 1.165) is 0 Å². The largest absolute Gasteiger partial charge is 0.481 e. The van der Waals surface area contributed by atoms with Gasteiger partial charge in [-0.1, -0.05) is 13.3 Å². The molecule has 0 fully saturated rings. The van der Waals surface area contributed by atoms with Crippen molar-refractivity contribution in [2.24, 2.45) is 5.92 Å². The molecule has 0 radical (unpaired) electrons. The Labute approximate surface area is 112 Å². The predicted octanol–water partition coefficient (Wildman–Crippen LogP) is 0.968. The van der Waals surface area contributed by atoms with Gasteiger partial charge >= 0.3 is 5.97 Å². The lowest BCUT2D eigenvalue weighted by Gasteiger charge is -2.13. The molecule has 0 saturated heterocycles. The number of aromatic nitrogens is 2. The van der Waals surface area contributed by atoms with Gasteiger partial charge in [0.2, 0.25) is 0 Å². The maximum atomic E-state index is 11.8. The van der Waals surface area contributed by atoms with Gasteiger partial charge in [0.05, 0.1) is 12.1 Å². The number of aromatic amines is 1. The molecule has 1 aromatic heterocycles. The molecular formula is C11H19N3O4S. The molecule has 2 unspecified atom stereocenters. The number of hydrogen-bond donors (Lipinski definition) is 3. The maximum Gasteiger partial charge on any atom is 0.306 e. The van der Waals surface area contributed by atoms with Crippen LogP contribution in [-0.4, -0.2) is 35.7 Å². The van der Waals surface area contributed by atoms with Gasteiger partial charge in [-0.25, -0.2) is 13.1 Å². The SMILES string of the molecule is CC(CCCC(C)C(=O)O)NS(=O)(=O)c1ccn[nH]1. The van der Waals surface area contributed by atoms with Crippen LogP contribution < -0.4 is 4.72 Å². The Morgan fingerprint density at radius 3 is 2.68 bits per heavy atom. The van der Waals surface area contributed by atoms with Crippen LogP contribution >= 0.6 is 0 Å². The lowest BCUT2D eigenvalue weighted by atomic mass is 10.0. The van der Waals surface area contributed by atoms with Crippen molar-refractivity contribution in [2.45, 2.75) is 44.2 Å². The minimum atomic E-state index is -3.57. The van der Waals surface area contributed by atoms with Crippen LogP contribution in [0.4, 0.5) is 0 Å². The zero-order valence-electron chi connectivity index (χ0n) is 11.0. The van der Waals surface area contributed by atoms with Crippen molar-refractivity contribution in [1.29, 1.82) is 0 Å². The lowest BCUT2D eigenvalue weighted by molar-refractivity contribution is -0.141. The van der Waals surface area contributed by atoms with Crippen molar-refractivity contribution in [1.82, 2.24) is 14.9 Å². The zero-order chi connectivity index (χ0) is 14.5. The second kappa shape index (κ2) is 6.67. The topological polar surface area (TPSA) is 112 Å². The Balaban J connectivity index is 2.40. The molecule has 0 aliphatic carbocycles. The summed E-state index contributed by atoms with van der Waals surface area (Å²) in [4.78, 5) is 10.6. The molecule has 1 rings (SSSR count). The highest BCUT2D eigenvalue weighted by atomic mass is 32.2. The minimum Gasteiger partial charge on any atom is -0.481 e. The predicted molar refractivity (Wildman–Crippen MR) is 69.0 cm³/mol. The summed E-state index contributed by atoms with van der Waals surface area (Å²) in [6, 6.07) is 1.12. The average Bonchev–Trinajstić information content (AvgIpc) is 2.81. The Kier molecular flexibility index (Phi) is 5.49. The summed E-state index contributed by atoms with van der Waals surface area (Å²) in [6.45, 7) is 3.39. The van der Waals surface area contributed by atoms with Crippen LogP contribution in [0.1, 0.15) is 33.1 Å². The fraction of sp³-hybridized carbons (Fsp3) is 0.636. The molecule has 108 valence electrons. The third-order valence-corrected chi connectivity index (χ3v) is 4.34. The first-order valence-corrected chi connectivity index (χ1v) is 7.55. The van der Waals surface area contributed by atoms with Crippen molar-refractivity contribution in [3.8, 4) is 0 Å². The fourth-order valence-corrected chi connectivity index (χ4v) is 2.82. The van der Waals surface area contributed by atoms with E-state index in [0.29, 0.717) is 19.3 Å². The maximum absolute atomic E-state index is 11.8. The Hall–Kier alpha value is -1.41. The molecule has 0 aromatic carbocycles. The number of carboxylic acids is 1. The summed E-state index contributed by atoms with van der Waals surface area (Å²) in [7, 11) is -3.57. The molecule has 7 nitrogen and oxygen atoms in total. The van der Waals surface area contributed by atoms with Gasteiger partial charge in [-0.2, -0.15) is 5.10 Å². The van der Waals surface area contributed by atoms with Gasteiger partial charge in [-0.05, 0) is 25.8 Å². The molecule has 0 aliphatic rings. The number of carboxylic acid groups (broad SMARTS) is 1. The summed E-state index contributed by atoms with van der Waals surface area (Å²) in [5, 5.41) is 14.7. The van der Waals surface area contributed by atoms with E-state index in [1.807, 2.05) is 0 Å². The lowest BCUT2D eigenvalue weighted by Crippen LogP contribution is -2.32. The van der Waals surface area contributed by atoms with E-state index >= 15 is 0 Å². The third kappa shape index (κ3) is 4.99. The smallest absolute Gasteiger partial charge is 0.306 e. The van der Waals surface area contributed by atoms with Gasteiger partial charge in [0.1, 0.15) is 0 Å². The van der Waals surface area contributed by atoms with Gasteiger partial charge in [-0.3, -0.25) is 9.89 Å². The first kappa shape index (κ1) is 15.6. The van der Waals surface area contributed by atoms with Crippen LogP contribution in [0.15, 0.2) is 17.3 Å². The molecule has 1 aromatic rings. The molecule has 0 saturated carbocycles. The van der Waals surface area contributed by atoms with Crippen molar-refractivity contribution in [2.75, 3.05) is 0 Å². The minimum absolute atomic E-state index is 0.0262. The van der Waals surface area contributed by atoms with Crippen LogP contribution in [-0.2, 0) is 14.8 Å². The summed E-state index contributed by atoms with van der Waals surface area (Å²) in [6.07, 6.45) is 3.14. The number of aliphatic carboxylic acids is 1. The average molecular weight is 289 g/mol. The van der Waals surface area contributed by atoms with Crippen LogP contribution in [0.5, 0.6) is 0 Å². The quantitative estimate of drug-likeness (QED) is 0.660. The van der Waals surface area contributed by atoms with Crippen LogP contribution in [0.3, 0.4) is 0 Å². The van der Waals surface area contributed by atoms with E-state index in [9.17, 15) is 13.2 Å². The number of H-pyrrole nitrogens is 1. The molecule has 2 atom stereocenters. The number of rotatable bonds is 8. The standard InChI is InChI=1S/C11H19N3O4S/c1-8(11(15)16)4-3-5-9(2)14-19(17,18)10-6-7-12-13-10/h6-9,14H,3-5H2,1-2H3,(H,12,13)(H,15,16). The van der Waals surface area contributed by atoms with E-state index in [1.165, 1.54) is 12.3 Å². The number of nitrogens with zero attached hydrogens (tertiary/aromatic N) is 1. The Morgan fingerprint density at radius 2 is 2.16 bits per heavy atom. The zero-order valence-corrected chi connectivity index (χ0v) is 11.8. The van der Waals surface area contributed by atoms with Gasteiger partial charge in [0, 0.05) is 6.04 Å². The van der Waals surface area contributed by atoms with Crippen LogP contribution in [0.25, 0.3) is 0 Å². The molecule has 8 heteroatoms. The second-order valence-corrected chi connectivity index (χ2v) is 6.30. The van der Waals surface area contributed by atoms with E-state index in [1.54, 1.807) is 13.8 Å². The molecule has 3 N–H and O–H groups in total. The second-order valence-electron chi connectivity index (χ2n) is 4.61. The van der Waals surface area contributed by atoms with Crippen molar-refractivity contribution in [3.63, 3.8) is 0 Å². The molecular weight excluding hydrogens is 270 g/mol. The van der Waals surface area contributed by atoms with Gasteiger partial charge in [0.15, 0.2) is 5.03 Å². The summed E-state index contributed by atoms with van der Waals surface area (Å²) in [5.74, 6) is -1.23. The molecule has 1 heterocycles. The van der Waals surface area contributed by atoms with Crippen molar-refractivity contribution >= 4 is 16.0 Å². The van der Waals surface area contributed by atoms with E-state index in [-0.39, 0.29) is 11.1 Å².